The third-order valence-electron chi connectivity index (χ3n) is 3.75. The molecule has 1 amide bonds. The largest absolute Gasteiger partial charge is 0.493 e. The van der Waals surface area contributed by atoms with Crippen LogP contribution in [0.25, 0.3) is 0 Å². The maximum atomic E-state index is 13.2. The van der Waals surface area contributed by atoms with Gasteiger partial charge in [-0.25, -0.2) is 9.37 Å². The Bertz CT molecular complexity index is 945. The number of nitrogens with one attached hydrogen (secondary N) is 2. The number of halogens is 1. The van der Waals surface area contributed by atoms with Crippen molar-refractivity contribution < 1.29 is 18.7 Å². The third kappa shape index (κ3) is 4.52. The van der Waals surface area contributed by atoms with Crippen molar-refractivity contribution in [2.75, 3.05) is 24.9 Å². The topological polar surface area (TPSA) is 72.5 Å². The van der Waals surface area contributed by atoms with Crippen molar-refractivity contribution in [1.29, 1.82) is 0 Å². The molecule has 3 aromatic rings. The van der Waals surface area contributed by atoms with Crippen molar-refractivity contribution in [3.8, 4) is 11.5 Å². The number of hydrogen-bond acceptors (Lipinski definition) is 5. The van der Waals surface area contributed by atoms with Gasteiger partial charge in [-0.15, -0.1) is 0 Å². The van der Waals surface area contributed by atoms with E-state index in [1.165, 1.54) is 24.4 Å². The molecule has 0 aliphatic heterocycles. The average Bonchev–Trinajstić information content (AvgIpc) is 2.68. The molecule has 27 heavy (non-hydrogen) atoms. The zero-order valence-electron chi connectivity index (χ0n) is 14.8. The van der Waals surface area contributed by atoms with Crippen LogP contribution in [0.1, 0.15) is 10.5 Å². The minimum atomic E-state index is -0.421. The fraction of sp³-hybridized carbons (Fsp3) is 0.100. The normalized spacial score (nSPS) is 10.2. The summed E-state index contributed by atoms with van der Waals surface area (Å²) < 4.78 is 23.7. The molecular weight excluding hydrogens is 349 g/mol. The Balaban J connectivity index is 1.69. The molecule has 0 aliphatic rings. The van der Waals surface area contributed by atoms with Crippen LogP contribution in [0.3, 0.4) is 0 Å². The standard InChI is InChI=1S/C20H18FN3O3/c1-26-18-9-7-15(11-19(18)27-2)23-16-6-8-17(22-12-16)20(25)24-14-5-3-4-13(21)10-14/h3-12,23H,1-2H3,(H,24,25). The molecule has 7 heteroatoms. The van der Waals surface area contributed by atoms with E-state index >= 15 is 0 Å². The molecule has 1 aromatic heterocycles. The van der Waals surface area contributed by atoms with E-state index < -0.39 is 11.7 Å². The number of nitrogens with zero attached hydrogens (tertiary/aromatic N) is 1. The molecule has 1 heterocycles. The molecule has 0 bridgehead atoms. The first kappa shape index (κ1) is 18.2. The number of benzene rings is 2. The SMILES string of the molecule is COc1ccc(Nc2ccc(C(=O)Nc3cccc(F)c3)nc2)cc1OC. The summed E-state index contributed by atoms with van der Waals surface area (Å²) in [4.78, 5) is 16.3. The van der Waals surface area contributed by atoms with Crippen LogP contribution in [-0.4, -0.2) is 25.1 Å². The lowest BCUT2D eigenvalue weighted by Gasteiger charge is -2.11. The number of carbonyl (C=O) groups excluding carboxylic acids is 1. The summed E-state index contributed by atoms with van der Waals surface area (Å²) in [7, 11) is 3.14. The third-order valence-corrected chi connectivity index (χ3v) is 3.75. The predicted octanol–water partition coefficient (Wildman–Crippen LogP) is 4.23. The minimum Gasteiger partial charge on any atom is -0.493 e. The molecule has 0 saturated carbocycles. The van der Waals surface area contributed by atoms with Crippen LogP contribution in [0.15, 0.2) is 60.8 Å². The molecule has 0 aliphatic carbocycles. The van der Waals surface area contributed by atoms with E-state index in [1.54, 1.807) is 44.6 Å². The van der Waals surface area contributed by atoms with E-state index in [0.717, 1.165) is 5.69 Å². The summed E-state index contributed by atoms with van der Waals surface area (Å²) in [5.74, 6) is 0.389. The number of amides is 1. The predicted molar refractivity (Wildman–Crippen MR) is 101 cm³/mol. The molecule has 6 nitrogen and oxygen atoms in total. The van der Waals surface area contributed by atoms with E-state index in [4.69, 9.17) is 9.47 Å². The smallest absolute Gasteiger partial charge is 0.274 e. The van der Waals surface area contributed by atoms with Crippen molar-refractivity contribution in [3.63, 3.8) is 0 Å². The molecule has 0 radical (unpaired) electrons. The second-order valence-corrected chi connectivity index (χ2v) is 5.59. The number of rotatable bonds is 6. The highest BCUT2D eigenvalue weighted by molar-refractivity contribution is 6.02. The maximum absolute atomic E-state index is 13.2. The fourth-order valence-corrected chi connectivity index (χ4v) is 2.44. The number of carbonyl (C=O) groups is 1. The number of anilines is 3. The highest BCUT2D eigenvalue weighted by Gasteiger charge is 2.09. The Hall–Kier alpha value is -3.61. The van der Waals surface area contributed by atoms with Crippen LogP contribution in [0.4, 0.5) is 21.5 Å². The first-order valence-electron chi connectivity index (χ1n) is 8.11. The van der Waals surface area contributed by atoms with Gasteiger partial charge in [0.15, 0.2) is 11.5 Å². The summed E-state index contributed by atoms with van der Waals surface area (Å²) in [5.41, 5.74) is 2.07. The van der Waals surface area contributed by atoms with E-state index in [-0.39, 0.29) is 5.69 Å². The Morgan fingerprint density at radius 3 is 2.37 bits per heavy atom. The van der Waals surface area contributed by atoms with Crippen LogP contribution in [0.5, 0.6) is 11.5 Å². The monoisotopic (exact) mass is 367 g/mol. The fourth-order valence-electron chi connectivity index (χ4n) is 2.44. The maximum Gasteiger partial charge on any atom is 0.274 e. The van der Waals surface area contributed by atoms with E-state index in [0.29, 0.717) is 22.9 Å². The first-order chi connectivity index (χ1) is 13.1. The Kier molecular flexibility index (Phi) is 5.51. The summed E-state index contributed by atoms with van der Waals surface area (Å²) in [6.45, 7) is 0. The van der Waals surface area contributed by atoms with Crippen LogP contribution in [0, 0.1) is 5.82 Å². The number of pyridine rings is 1. The molecule has 0 spiro atoms. The molecule has 0 atom stereocenters. The van der Waals surface area contributed by atoms with Crippen molar-refractivity contribution >= 4 is 23.0 Å². The average molecular weight is 367 g/mol. The van der Waals surface area contributed by atoms with Gasteiger partial charge in [0.05, 0.1) is 26.1 Å². The van der Waals surface area contributed by atoms with Gasteiger partial charge in [-0.3, -0.25) is 4.79 Å². The quantitative estimate of drug-likeness (QED) is 0.682. The number of methoxy groups -OCH3 is 2. The van der Waals surface area contributed by atoms with Crippen LogP contribution >= 0.6 is 0 Å². The van der Waals surface area contributed by atoms with Gasteiger partial charge in [0.25, 0.3) is 5.91 Å². The summed E-state index contributed by atoms with van der Waals surface area (Å²) >= 11 is 0. The van der Waals surface area contributed by atoms with Gasteiger partial charge < -0.3 is 20.1 Å². The Morgan fingerprint density at radius 2 is 1.70 bits per heavy atom. The van der Waals surface area contributed by atoms with E-state index in [9.17, 15) is 9.18 Å². The lowest BCUT2D eigenvalue weighted by molar-refractivity contribution is 0.102. The van der Waals surface area contributed by atoms with Gasteiger partial charge in [0.1, 0.15) is 11.5 Å². The second-order valence-electron chi connectivity index (χ2n) is 5.59. The molecule has 0 unspecified atom stereocenters. The highest BCUT2D eigenvalue weighted by Crippen LogP contribution is 2.31. The van der Waals surface area contributed by atoms with Crippen molar-refractivity contribution in [1.82, 2.24) is 4.98 Å². The lowest BCUT2D eigenvalue weighted by atomic mass is 10.2. The van der Waals surface area contributed by atoms with Gasteiger partial charge in [0.2, 0.25) is 0 Å². The summed E-state index contributed by atoms with van der Waals surface area (Å²) in [6.07, 6.45) is 1.54. The summed E-state index contributed by atoms with van der Waals surface area (Å²) in [6, 6.07) is 14.4. The van der Waals surface area contributed by atoms with Crippen molar-refractivity contribution in [2.45, 2.75) is 0 Å². The van der Waals surface area contributed by atoms with Gasteiger partial charge in [-0.1, -0.05) is 6.07 Å². The van der Waals surface area contributed by atoms with Crippen molar-refractivity contribution in [3.05, 3.63) is 72.3 Å². The van der Waals surface area contributed by atoms with E-state index in [1.807, 2.05) is 6.07 Å². The Morgan fingerprint density at radius 1 is 0.926 bits per heavy atom. The molecule has 3 rings (SSSR count). The first-order valence-corrected chi connectivity index (χ1v) is 8.11. The van der Waals surface area contributed by atoms with Crippen LogP contribution in [-0.2, 0) is 0 Å². The number of hydrogen-bond donors (Lipinski definition) is 2. The van der Waals surface area contributed by atoms with E-state index in [2.05, 4.69) is 15.6 Å². The summed E-state index contributed by atoms with van der Waals surface area (Å²) in [5, 5.41) is 5.78. The van der Waals surface area contributed by atoms with Crippen molar-refractivity contribution in [2.24, 2.45) is 0 Å². The van der Waals surface area contributed by atoms with Crippen LogP contribution < -0.4 is 20.1 Å². The zero-order chi connectivity index (χ0) is 19.2. The highest BCUT2D eigenvalue weighted by atomic mass is 19.1. The van der Waals surface area contributed by atoms with Gasteiger partial charge >= 0.3 is 0 Å². The minimum absolute atomic E-state index is 0.220. The van der Waals surface area contributed by atoms with Gasteiger partial charge in [-0.2, -0.15) is 0 Å². The number of aromatic nitrogens is 1. The van der Waals surface area contributed by atoms with Gasteiger partial charge in [0, 0.05) is 17.4 Å². The lowest BCUT2D eigenvalue weighted by Crippen LogP contribution is -2.13. The molecule has 2 aromatic carbocycles. The molecule has 0 saturated heterocycles. The molecule has 2 N–H and O–H groups in total. The number of ether oxygens (including phenoxy) is 2. The molecule has 138 valence electrons. The molecular formula is C20H18FN3O3. The molecule has 0 fully saturated rings. The van der Waals surface area contributed by atoms with Crippen LogP contribution in [0.2, 0.25) is 0 Å². The Labute approximate surface area is 156 Å². The second kappa shape index (κ2) is 8.18. The zero-order valence-corrected chi connectivity index (χ0v) is 14.8. The van der Waals surface area contributed by atoms with Gasteiger partial charge in [-0.05, 0) is 42.5 Å².